The third kappa shape index (κ3) is 3.46. The standard InChI is InChI=1S/C12H25N3O/c1-9(2)15(3)11-7-5-4-6-10(11)14-12(16)8-13/h9-11H,4-8,13H2,1-3H3,(H,14,16). The van der Waals surface area contributed by atoms with Gasteiger partial charge in [0.05, 0.1) is 6.54 Å². The molecule has 0 radical (unpaired) electrons. The summed E-state index contributed by atoms with van der Waals surface area (Å²) in [6.07, 6.45) is 4.71. The third-order valence-corrected chi connectivity index (χ3v) is 3.60. The van der Waals surface area contributed by atoms with Crippen molar-refractivity contribution in [2.75, 3.05) is 13.6 Å². The molecule has 0 spiro atoms. The van der Waals surface area contributed by atoms with E-state index < -0.39 is 0 Å². The number of rotatable bonds is 4. The van der Waals surface area contributed by atoms with Crippen LogP contribution >= 0.6 is 0 Å². The molecule has 0 aromatic rings. The Kier molecular flexibility index (Phi) is 5.22. The SMILES string of the molecule is CC(C)N(C)C1CCCCC1NC(=O)CN. The molecule has 0 aliphatic heterocycles. The average molecular weight is 227 g/mol. The van der Waals surface area contributed by atoms with Crippen LogP contribution < -0.4 is 11.1 Å². The van der Waals surface area contributed by atoms with Crippen molar-refractivity contribution in [3.05, 3.63) is 0 Å². The lowest BCUT2D eigenvalue weighted by atomic mass is 9.88. The molecule has 1 saturated carbocycles. The van der Waals surface area contributed by atoms with E-state index in [4.69, 9.17) is 5.73 Å². The van der Waals surface area contributed by atoms with Gasteiger partial charge in [-0.3, -0.25) is 9.69 Å². The van der Waals surface area contributed by atoms with Gasteiger partial charge >= 0.3 is 0 Å². The summed E-state index contributed by atoms with van der Waals surface area (Å²) in [5, 5.41) is 3.05. The van der Waals surface area contributed by atoms with Gasteiger partial charge < -0.3 is 11.1 Å². The summed E-state index contributed by atoms with van der Waals surface area (Å²) in [5.74, 6) is -0.0333. The molecule has 1 amide bonds. The van der Waals surface area contributed by atoms with Gasteiger partial charge in [-0.1, -0.05) is 12.8 Å². The molecule has 1 aliphatic rings. The smallest absolute Gasteiger partial charge is 0.234 e. The molecule has 0 saturated heterocycles. The highest BCUT2D eigenvalue weighted by Gasteiger charge is 2.30. The van der Waals surface area contributed by atoms with Gasteiger partial charge in [0.1, 0.15) is 0 Å². The van der Waals surface area contributed by atoms with Gasteiger partial charge in [0.25, 0.3) is 0 Å². The van der Waals surface area contributed by atoms with Crippen LogP contribution in [0.15, 0.2) is 0 Å². The molecule has 0 aromatic heterocycles. The fraction of sp³-hybridized carbons (Fsp3) is 0.917. The van der Waals surface area contributed by atoms with E-state index >= 15 is 0 Å². The monoisotopic (exact) mass is 227 g/mol. The zero-order chi connectivity index (χ0) is 12.1. The molecular weight excluding hydrogens is 202 g/mol. The Labute approximate surface area is 98.6 Å². The van der Waals surface area contributed by atoms with E-state index in [2.05, 4.69) is 31.1 Å². The van der Waals surface area contributed by atoms with E-state index in [0.29, 0.717) is 12.1 Å². The number of nitrogens with two attached hydrogens (primary N) is 1. The fourth-order valence-corrected chi connectivity index (χ4v) is 2.42. The first-order chi connectivity index (χ1) is 7.56. The normalized spacial score (nSPS) is 26.1. The third-order valence-electron chi connectivity index (χ3n) is 3.60. The molecule has 0 heterocycles. The Hall–Kier alpha value is -0.610. The second-order valence-electron chi connectivity index (χ2n) is 4.99. The number of hydrogen-bond acceptors (Lipinski definition) is 3. The molecule has 94 valence electrons. The summed E-state index contributed by atoms with van der Waals surface area (Å²) in [5.41, 5.74) is 5.34. The van der Waals surface area contributed by atoms with Crippen LogP contribution in [0.4, 0.5) is 0 Å². The number of hydrogen-bond donors (Lipinski definition) is 2. The molecule has 4 heteroatoms. The quantitative estimate of drug-likeness (QED) is 0.744. The summed E-state index contributed by atoms with van der Waals surface area (Å²) >= 11 is 0. The maximum Gasteiger partial charge on any atom is 0.234 e. The van der Waals surface area contributed by atoms with Crippen molar-refractivity contribution in [1.82, 2.24) is 10.2 Å². The second-order valence-corrected chi connectivity index (χ2v) is 4.99. The summed E-state index contributed by atoms with van der Waals surface area (Å²) in [6.45, 7) is 4.47. The number of carbonyl (C=O) groups excluding carboxylic acids is 1. The molecule has 1 rings (SSSR count). The van der Waals surface area contributed by atoms with E-state index in [-0.39, 0.29) is 18.5 Å². The van der Waals surface area contributed by atoms with Crippen LogP contribution in [-0.4, -0.2) is 42.5 Å². The molecule has 0 bridgehead atoms. The lowest BCUT2D eigenvalue weighted by Crippen LogP contribution is -2.54. The molecule has 2 atom stereocenters. The van der Waals surface area contributed by atoms with Gasteiger partial charge in [0, 0.05) is 18.1 Å². The minimum atomic E-state index is -0.0333. The van der Waals surface area contributed by atoms with E-state index in [1.54, 1.807) is 0 Å². The molecule has 2 unspecified atom stereocenters. The van der Waals surface area contributed by atoms with Crippen LogP contribution in [0.1, 0.15) is 39.5 Å². The Bertz CT molecular complexity index is 230. The Morgan fingerprint density at radius 1 is 1.44 bits per heavy atom. The minimum absolute atomic E-state index is 0.0333. The van der Waals surface area contributed by atoms with Crippen LogP contribution in [0.25, 0.3) is 0 Å². The van der Waals surface area contributed by atoms with Gasteiger partial charge in [-0.15, -0.1) is 0 Å². The van der Waals surface area contributed by atoms with E-state index in [0.717, 1.165) is 6.42 Å². The predicted molar refractivity (Wildman–Crippen MR) is 66.1 cm³/mol. The summed E-state index contributed by atoms with van der Waals surface area (Å²) in [7, 11) is 2.14. The first kappa shape index (κ1) is 13.5. The molecular formula is C12H25N3O. The van der Waals surface area contributed by atoms with Crippen molar-refractivity contribution in [3.8, 4) is 0 Å². The van der Waals surface area contributed by atoms with E-state index in [9.17, 15) is 4.79 Å². The number of likely N-dealkylation sites (N-methyl/N-ethyl adjacent to an activating group) is 1. The van der Waals surface area contributed by atoms with Crippen molar-refractivity contribution in [2.24, 2.45) is 5.73 Å². The number of carbonyl (C=O) groups is 1. The number of nitrogens with zero attached hydrogens (tertiary/aromatic N) is 1. The molecule has 3 N–H and O–H groups in total. The Balaban J connectivity index is 2.59. The van der Waals surface area contributed by atoms with Crippen LogP contribution in [-0.2, 0) is 4.79 Å². The van der Waals surface area contributed by atoms with Crippen molar-refractivity contribution in [1.29, 1.82) is 0 Å². The van der Waals surface area contributed by atoms with Gasteiger partial charge in [-0.2, -0.15) is 0 Å². The summed E-state index contributed by atoms with van der Waals surface area (Å²) < 4.78 is 0. The molecule has 1 aliphatic carbocycles. The van der Waals surface area contributed by atoms with Crippen LogP contribution in [0.2, 0.25) is 0 Å². The van der Waals surface area contributed by atoms with Gasteiger partial charge in [0.15, 0.2) is 0 Å². The van der Waals surface area contributed by atoms with E-state index in [1.807, 2.05) is 0 Å². The zero-order valence-corrected chi connectivity index (χ0v) is 10.7. The Morgan fingerprint density at radius 2 is 2.06 bits per heavy atom. The minimum Gasteiger partial charge on any atom is -0.351 e. The van der Waals surface area contributed by atoms with E-state index in [1.165, 1.54) is 19.3 Å². The van der Waals surface area contributed by atoms with Crippen molar-refractivity contribution < 1.29 is 4.79 Å². The topological polar surface area (TPSA) is 58.4 Å². The van der Waals surface area contributed by atoms with Crippen LogP contribution in [0.3, 0.4) is 0 Å². The fourth-order valence-electron chi connectivity index (χ4n) is 2.42. The Morgan fingerprint density at radius 3 is 2.62 bits per heavy atom. The van der Waals surface area contributed by atoms with Gasteiger partial charge in [0.2, 0.25) is 5.91 Å². The first-order valence-electron chi connectivity index (χ1n) is 6.27. The highest BCUT2D eigenvalue weighted by atomic mass is 16.1. The molecule has 1 fully saturated rings. The largest absolute Gasteiger partial charge is 0.351 e. The lowest BCUT2D eigenvalue weighted by molar-refractivity contribution is -0.121. The molecule has 16 heavy (non-hydrogen) atoms. The molecule has 4 nitrogen and oxygen atoms in total. The number of amides is 1. The summed E-state index contributed by atoms with van der Waals surface area (Å²) in [6, 6.07) is 1.25. The highest BCUT2D eigenvalue weighted by molar-refractivity contribution is 5.78. The highest BCUT2D eigenvalue weighted by Crippen LogP contribution is 2.23. The van der Waals surface area contributed by atoms with Crippen molar-refractivity contribution >= 4 is 5.91 Å². The van der Waals surface area contributed by atoms with Gasteiger partial charge in [-0.25, -0.2) is 0 Å². The lowest BCUT2D eigenvalue weighted by Gasteiger charge is -2.40. The maximum absolute atomic E-state index is 11.4. The van der Waals surface area contributed by atoms with Crippen molar-refractivity contribution in [2.45, 2.75) is 57.7 Å². The maximum atomic E-state index is 11.4. The van der Waals surface area contributed by atoms with Crippen LogP contribution in [0.5, 0.6) is 0 Å². The summed E-state index contributed by atoms with van der Waals surface area (Å²) in [4.78, 5) is 13.7. The zero-order valence-electron chi connectivity index (χ0n) is 10.7. The number of nitrogens with one attached hydrogen (secondary N) is 1. The first-order valence-corrected chi connectivity index (χ1v) is 6.27. The van der Waals surface area contributed by atoms with Crippen molar-refractivity contribution in [3.63, 3.8) is 0 Å². The second kappa shape index (κ2) is 6.21. The molecule has 0 aromatic carbocycles. The predicted octanol–water partition coefficient (Wildman–Crippen LogP) is 0.713. The van der Waals surface area contributed by atoms with Crippen LogP contribution in [0, 0.1) is 0 Å². The van der Waals surface area contributed by atoms with Gasteiger partial charge in [-0.05, 0) is 33.7 Å². The average Bonchev–Trinajstić information content (AvgIpc) is 2.28.